The summed E-state index contributed by atoms with van der Waals surface area (Å²) in [5.74, 6) is -0.963. The lowest BCUT2D eigenvalue weighted by Crippen LogP contribution is -2.13. The topological polar surface area (TPSA) is 65.5 Å². The number of benzene rings is 1. The van der Waals surface area contributed by atoms with Crippen LogP contribution in [-0.4, -0.2) is 31.1 Å². The third kappa shape index (κ3) is 2.61. The number of carbonyl (C=O) groups excluding carboxylic acids is 2. The van der Waals surface area contributed by atoms with Crippen molar-refractivity contribution in [2.75, 3.05) is 14.2 Å². The molecule has 0 amide bonds. The van der Waals surface area contributed by atoms with E-state index in [9.17, 15) is 9.59 Å². The smallest absolute Gasteiger partial charge is 0.339 e. The normalized spacial score (nSPS) is 10.3. The van der Waals surface area contributed by atoms with E-state index in [0.29, 0.717) is 5.69 Å². The number of methoxy groups -OCH3 is 2. The Morgan fingerprint density at radius 1 is 1.20 bits per heavy atom. The number of hydrogen-bond acceptors (Lipinski definition) is 5. The van der Waals surface area contributed by atoms with Gasteiger partial charge in [-0.1, -0.05) is 18.2 Å². The summed E-state index contributed by atoms with van der Waals surface area (Å²) in [6, 6.07) is 7.37. The summed E-state index contributed by atoms with van der Waals surface area (Å²) in [4.78, 5) is 27.7. The van der Waals surface area contributed by atoms with E-state index in [-0.39, 0.29) is 12.0 Å². The van der Waals surface area contributed by atoms with Gasteiger partial charge in [0, 0.05) is 5.39 Å². The minimum Gasteiger partial charge on any atom is -0.469 e. The van der Waals surface area contributed by atoms with Gasteiger partial charge < -0.3 is 9.47 Å². The number of carbonyl (C=O) groups is 2. The molecule has 0 radical (unpaired) electrons. The van der Waals surface area contributed by atoms with Crippen LogP contribution in [0.2, 0.25) is 0 Å². The fraction of sp³-hybridized carbons (Fsp3) is 0.267. The number of pyridine rings is 1. The van der Waals surface area contributed by atoms with Gasteiger partial charge >= 0.3 is 11.9 Å². The minimum atomic E-state index is -0.514. The van der Waals surface area contributed by atoms with E-state index >= 15 is 0 Å². The molecular weight excluding hydrogens is 258 g/mol. The molecule has 5 heteroatoms. The summed E-state index contributed by atoms with van der Waals surface area (Å²) in [6.07, 6.45) is -0.0643. The van der Waals surface area contributed by atoms with Crippen LogP contribution in [0.5, 0.6) is 0 Å². The number of hydrogen-bond donors (Lipinski definition) is 0. The SMILES string of the molecule is COC(=O)Cc1nc2c(C)cccc2cc1C(=O)OC. The number of ether oxygens (including phenoxy) is 2. The highest BCUT2D eigenvalue weighted by atomic mass is 16.5. The monoisotopic (exact) mass is 273 g/mol. The number of fused-ring (bicyclic) bond motifs is 1. The molecule has 5 nitrogen and oxygen atoms in total. The van der Waals surface area contributed by atoms with Crippen molar-refractivity contribution in [3.05, 3.63) is 41.1 Å². The number of nitrogens with zero attached hydrogens (tertiary/aromatic N) is 1. The number of esters is 2. The molecular formula is C15H15NO4. The zero-order valence-corrected chi connectivity index (χ0v) is 11.6. The van der Waals surface area contributed by atoms with Gasteiger partial charge in [-0.25, -0.2) is 4.79 Å². The Kier molecular flexibility index (Phi) is 3.98. The van der Waals surface area contributed by atoms with E-state index in [1.807, 2.05) is 25.1 Å². The molecule has 0 atom stereocenters. The standard InChI is InChI=1S/C15H15NO4/c1-9-5-4-6-10-7-11(15(18)20-3)12(16-14(9)10)8-13(17)19-2/h4-7H,8H2,1-3H3. The van der Waals surface area contributed by atoms with Crippen LogP contribution in [-0.2, 0) is 20.7 Å². The zero-order valence-electron chi connectivity index (χ0n) is 11.6. The maximum absolute atomic E-state index is 11.8. The number of rotatable bonds is 3. The first-order valence-corrected chi connectivity index (χ1v) is 6.11. The summed E-state index contributed by atoms with van der Waals surface area (Å²) < 4.78 is 9.37. The molecule has 2 aromatic rings. The van der Waals surface area contributed by atoms with E-state index < -0.39 is 11.9 Å². The third-order valence-electron chi connectivity index (χ3n) is 3.07. The number of aromatic nitrogens is 1. The van der Waals surface area contributed by atoms with Crippen molar-refractivity contribution < 1.29 is 19.1 Å². The molecule has 0 bridgehead atoms. The van der Waals surface area contributed by atoms with Crippen molar-refractivity contribution in [3.63, 3.8) is 0 Å². The van der Waals surface area contributed by atoms with E-state index in [4.69, 9.17) is 4.74 Å². The molecule has 0 aliphatic carbocycles. The fourth-order valence-corrected chi connectivity index (χ4v) is 2.02. The Morgan fingerprint density at radius 3 is 2.60 bits per heavy atom. The molecule has 0 N–H and O–H groups in total. The summed E-state index contributed by atoms with van der Waals surface area (Å²) in [7, 11) is 2.59. The molecule has 1 aromatic heterocycles. The van der Waals surface area contributed by atoms with Crippen LogP contribution in [0, 0.1) is 6.92 Å². The fourth-order valence-electron chi connectivity index (χ4n) is 2.02. The Balaban J connectivity index is 2.64. The van der Waals surface area contributed by atoms with Crippen LogP contribution in [0.15, 0.2) is 24.3 Å². The van der Waals surface area contributed by atoms with Crippen molar-refractivity contribution in [2.24, 2.45) is 0 Å². The Labute approximate surface area is 116 Å². The molecule has 0 unspecified atom stereocenters. The van der Waals surface area contributed by atoms with E-state index in [1.54, 1.807) is 6.07 Å². The highest BCUT2D eigenvalue weighted by Gasteiger charge is 2.18. The highest BCUT2D eigenvalue weighted by Crippen LogP contribution is 2.21. The first kappa shape index (κ1) is 14.0. The predicted octanol–water partition coefficient (Wildman–Crippen LogP) is 2.05. The van der Waals surface area contributed by atoms with Gasteiger partial charge in [0.1, 0.15) is 0 Å². The Bertz CT molecular complexity index is 679. The van der Waals surface area contributed by atoms with Gasteiger partial charge in [0.15, 0.2) is 0 Å². The van der Waals surface area contributed by atoms with E-state index in [2.05, 4.69) is 9.72 Å². The Morgan fingerprint density at radius 2 is 1.95 bits per heavy atom. The first-order valence-electron chi connectivity index (χ1n) is 6.11. The molecule has 0 saturated heterocycles. The van der Waals surface area contributed by atoms with Crippen LogP contribution in [0.25, 0.3) is 10.9 Å². The first-order chi connectivity index (χ1) is 9.56. The quantitative estimate of drug-likeness (QED) is 0.801. The molecule has 0 aliphatic rings. The van der Waals surface area contributed by atoms with Crippen molar-refractivity contribution in [2.45, 2.75) is 13.3 Å². The molecule has 1 heterocycles. The van der Waals surface area contributed by atoms with E-state index in [0.717, 1.165) is 16.5 Å². The highest BCUT2D eigenvalue weighted by molar-refractivity contribution is 5.96. The van der Waals surface area contributed by atoms with Crippen LogP contribution in [0.1, 0.15) is 21.6 Å². The van der Waals surface area contributed by atoms with Gasteiger partial charge in [0.25, 0.3) is 0 Å². The van der Waals surface area contributed by atoms with Gasteiger partial charge in [0.2, 0.25) is 0 Å². The van der Waals surface area contributed by atoms with Crippen LogP contribution in [0.3, 0.4) is 0 Å². The third-order valence-corrected chi connectivity index (χ3v) is 3.07. The summed E-state index contributed by atoms with van der Waals surface area (Å²) >= 11 is 0. The van der Waals surface area contributed by atoms with Gasteiger partial charge in [0.05, 0.1) is 37.4 Å². The van der Waals surface area contributed by atoms with Crippen molar-refractivity contribution in [3.8, 4) is 0 Å². The van der Waals surface area contributed by atoms with E-state index in [1.165, 1.54) is 14.2 Å². The van der Waals surface area contributed by atoms with Crippen molar-refractivity contribution in [1.29, 1.82) is 0 Å². The molecule has 0 fully saturated rings. The molecule has 1 aromatic carbocycles. The molecule has 104 valence electrons. The molecule has 20 heavy (non-hydrogen) atoms. The molecule has 0 saturated carbocycles. The summed E-state index contributed by atoms with van der Waals surface area (Å²) in [5.41, 5.74) is 2.39. The van der Waals surface area contributed by atoms with Gasteiger partial charge in [-0.2, -0.15) is 0 Å². The maximum atomic E-state index is 11.8. The lowest BCUT2D eigenvalue weighted by atomic mass is 10.0. The maximum Gasteiger partial charge on any atom is 0.339 e. The van der Waals surface area contributed by atoms with Crippen LogP contribution >= 0.6 is 0 Å². The van der Waals surface area contributed by atoms with Gasteiger partial charge in [-0.05, 0) is 18.6 Å². The minimum absolute atomic E-state index is 0.0643. The zero-order chi connectivity index (χ0) is 14.7. The molecule has 0 spiro atoms. The number of para-hydroxylation sites is 1. The average Bonchev–Trinajstić information content (AvgIpc) is 2.46. The van der Waals surface area contributed by atoms with Crippen molar-refractivity contribution >= 4 is 22.8 Å². The van der Waals surface area contributed by atoms with Crippen LogP contribution < -0.4 is 0 Å². The number of aryl methyl sites for hydroxylation is 1. The largest absolute Gasteiger partial charge is 0.469 e. The summed E-state index contributed by atoms with van der Waals surface area (Å²) in [6.45, 7) is 1.93. The van der Waals surface area contributed by atoms with Gasteiger partial charge in [-0.15, -0.1) is 0 Å². The predicted molar refractivity (Wildman–Crippen MR) is 73.5 cm³/mol. The van der Waals surface area contributed by atoms with Crippen LogP contribution in [0.4, 0.5) is 0 Å². The Hall–Kier alpha value is -2.43. The second kappa shape index (κ2) is 5.69. The lowest BCUT2D eigenvalue weighted by Gasteiger charge is -2.09. The average molecular weight is 273 g/mol. The van der Waals surface area contributed by atoms with Gasteiger partial charge in [-0.3, -0.25) is 9.78 Å². The molecule has 0 aliphatic heterocycles. The van der Waals surface area contributed by atoms with Crippen molar-refractivity contribution in [1.82, 2.24) is 4.98 Å². The second-order valence-corrected chi connectivity index (χ2v) is 4.37. The summed E-state index contributed by atoms with van der Waals surface area (Å²) in [5, 5.41) is 0.832. The molecule has 2 rings (SSSR count). The second-order valence-electron chi connectivity index (χ2n) is 4.37. The lowest BCUT2D eigenvalue weighted by molar-refractivity contribution is -0.139.